The molecule has 136 valence electrons. The minimum Gasteiger partial charge on any atom is -0.390 e. The van der Waals surface area contributed by atoms with Gasteiger partial charge in [-0.15, -0.1) is 0 Å². The summed E-state index contributed by atoms with van der Waals surface area (Å²) < 4.78 is 40.1. The molecular formula is C18H19BrF3NO2. The Morgan fingerprint density at radius 2 is 1.84 bits per heavy atom. The summed E-state index contributed by atoms with van der Waals surface area (Å²) in [6, 6.07) is 3.46. The molecule has 0 spiro atoms. The highest BCUT2D eigenvalue weighted by Gasteiger charge is 2.55. The maximum Gasteiger partial charge on any atom is 0.417 e. The maximum atomic E-state index is 13.3. The standard InChI is InChI=1S/C18H19BrF3NO2/c19-12-1-2-13(14(5-12)18(20,21)22)16(24)23-15-10-3-9-4-11(15)8-17(25,6-9)7-10/h1-2,5,9-11,15,25H,3-4,6-8H2,(H,23,24)/t9?,10?,11?,15-,17-. The van der Waals surface area contributed by atoms with Gasteiger partial charge in [0.05, 0.1) is 16.7 Å². The predicted molar refractivity (Wildman–Crippen MR) is 88.9 cm³/mol. The minimum atomic E-state index is -4.59. The van der Waals surface area contributed by atoms with Gasteiger partial charge in [-0.25, -0.2) is 0 Å². The highest BCUT2D eigenvalue weighted by atomic mass is 79.9. The van der Waals surface area contributed by atoms with Crippen molar-refractivity contribution in [2.45, 2.75) is 49.9 Å². The molecule has 4 fully saturated rings. The molecule has 2 unspecified atom stereocenters. The number of hydrogen-bond acceptors (Lipinski definition) is 2. The molecule has 25 heavy (non-hydrogen) atoms. The van der Waals surface area contributed by atoms with Crippen molar-refractivity contribution in [3.05, 3.63) is 33.8 Å². The van der Waals surface area contributed by atoms with Gasteiger partial charge in [0.2, 0.25) is 0 Å². The van der Waals surface area contributed by atoms with Crippen LogP contribution in [-0.4, -0.2) is 22.7 Å². The summed E-state index contributed by atoms with van der Waals surface area (Å²) in [6.45, 7) is 0. The SMILES string of the molecule is O=C(N[C@H]1C2CC3CC1C[C@](O)(C3)C2)c1ccc(Br)cc1C(F)(F)F. The van der Waals surface area contributed by atoms with E-state index in [1.165, 1.54) is 12.1 Å². The number of rotatable bonds is 2. The summed E-state index contributed by atoms with van der Waals surface area (Å²) in [7, 11) is 0. The van der Waals surface area contributed by atoms with Crippen LogP contribution in [0.25, 0.3) is 0 Å². The molecule has 5 rings (SSSR count). The van der Waals surface area contributed by atoms with E-state index >= 15 is 0 Å². The first-order chi connectivity index (χ1) is 11.6. The van der Waals surface area contributed by atoms with Gasteiger partial charge in [-0.1, -0.05) is 15.9 Å². The van der Waals surface area contributed by atoms with Crippen LogP contribution in [0.1, 0.15) is 48.0 Å². The second-order valence-corrected chi connectivity index (χ2v) is 8.80. The molecule has 1 aromatic carbocycles. The molecule has 1 amide bonds. The van der Waals surface area contributed by atoms with Crippen molar-refractivity contribution in [3.8, 4) is 0 Å². The summed E-state index contributed by atoms with van der Waals surface area (Å²) in [6.07, 6.45) is -0.609. The number of carbonyl (C=O) groups excluding carboxylic acids is 1. The van der Waals surface area contributed by atoms with Crippen LogP contribution in [0.5, 0.6) is 0 Å². The second kappa shape index (κ2) is 5.71. The lowest BCUT2D eigenvalue weighted by molar-refractivity contribution is -0.138. The van der Waals surface area contributed by atoms with Crippen molar-refractivity contribution in [2.75, 3.05) is 0 Å². The maximum absolute atomic E-state index is 13.3. The Hall–Kier alpha value is -1.08. The Bertz CT molecular complexity index is 705. The molecule has 1 aromatic rings. The zero-order valence-electron chi connectivity index (χ0n) is 13.4. The van der Waals surface area contributed by atoms with Crippen molar-refractivity contribution >= 4 is 21.8 Å². The molecule has 0 saturated heterocycles. The molecule has 4 aliphatic rings. The van der Waals surface area contributed by atoms with Crippen molar-refractivity contribution in [3.63, 3.8) is 0 Å². The Morgan fingerprint density at radius 3 is 2.40 bits per heavy atom. The molecule has 4 saturated carbocycles. The topological polar surface area (TPSA) is 49.3 Å². The summed E-state index contributed by atoms with van der Waals surface area (Å²) in [5.74, 6) is 0.119. The van der Waals surface area contributed by atoms with E-state index in [1.54, 1.807) is 0 Å². The monoisotopic (exact) mass is 417 g/mol. The number of halogens is 4. The van der Waals surface area contributed by atoms with Crippen molar-refractivity contribution in [1.29, 1.82) is 0 Å². The van der Waals surface area contributed by atoms with Gasteiger partial charge >= 0.3 is 6.18 Å². The largest absolute Gasteiger partial charge is 0.417 e. The molecule has 4 bridgehead atoms. The fourth-order valence-electron chi connectivity index (χ4n) is 5.40. The second-order valence-electron chi connectivity index (χ2n) is 7.88. The van der Waals surface area contributed by atoms with Gasteiger partial charge in [-0.05, 0) is 68.1 Å². The van der Waals surface area contributed by atoms with Gasteiger partial charge in [0.15, 0.2) is 0 Å². The first-order valence-corrected chi connectivity index (χ1v) is 9.34. The zero-order valence-corrected chi connectivity index (χ0v) is 15.0. The van der Waals surface area contributed by atoms with Crippen LogP contribution < -0.4 is 5.32 Å². The van der Waals surface area contributed by atoms with Crippen molar-refractivity contribution in [1.82, 2.24) is 5.32 Å². The lowest BCUT2D eigenvalue weighted by Gasteiger charge is -2.58. The summed E-state index contributed by atoms with van der Waals surface area (Å²) in [4.78, 5) is 12.6. The van der Waals surface area contributed by atoms with Crippen LogP contribution in [0.3, 0.4) is 0 Å². The number of alkyl halides is 3. The third kappa shape index (κ3) is 3.10. The molecule has 3 nitrogen and oxygen atoms in total. The van der Waals surface area contributed by atoms with Gasteiger partial charge in [0.25, 0.3) is 5.91 Å². The van der Waals surface area contributed by atoms with Crippen LogP contribution in [0.2, 0.25) is 0 Å². The Kier molecular flexibility index (Phi) is 3.96. The lowest BCUT2D eigenvalue weighted by atomic mass is 9.52. The number of carbonyl (C=O) groups is 1. The highest BCUT2D eigenvalue weighted by Crippen LogP contribution is 2.55. The first kappa shape index (κ1) is 17.3. The van der Waals surface area contributed by atoms with Gasteiger partial charge in [-0.3, -0.25) is 4.79 Å². The third-order valence-corrected chi connectivity index (χ3v) is 6.56. The summed E-state index contributed by atoms with van der Waals surface area (Å²) in [5, 5.41) is 13.4. The summed E-state index contributed by atoms with van der Waals surface area (Å²) in [5.41, 5.74) is -1.91. The average molecular weight is 418 g/mol. The van der Waals surface area contributed by atoms with E-state index in [2.05, 4.69) is 21.2 Å². The first-order valence-electron chi connectivity index (χ1n) is 8.55. The average Bonchev–Trinajstić information content (AvgIpc) is 2.48. The van der Waals surface area contributed by atoms with E-state index in [0.29, 0.717) is 18.8 Å². The van der Waals surface area contributed by atoms with Gasteiger partial charge in [0, 0.05) is 10.5 Å². The minimum absolute atomic E-state index is 0.144. The van der Waals surface area contributed by atoms with E-state index in [1.807, 2.05) is 0 Å². The van der Waals surface area contributed by atoms with Gasteiger partial charge in [0.1, 0.15) is 0 Å². The molecule has 2 atom stereocenters. The Labute approximate surface area is 152 Å². The molecule has 7 heteroatoms. The third-order valence-electron chi connectivity index (χ3n) is 6.07. The van der Waals surface area contributed by atoms with Gasteiger partial charge in [-0.2, -0.15) is 13.2 Å². The fourth-order valence-corrected chi connectivity index (χ4v) is 5.76. The predicted octanol–water partition coefficient (Wildman–Crippen LogP) is 4.14. The Balaban J connectivity index is 1.58. The molecule has 0 radical (unpaired) electrons. The van der Waals surface area contributed by atoms with E-state index in [4.69, 9.17) is 0 Å². The molecule has 4 aliphatic carbocycles. The molecule has 0 heterocycles. The fraction of sp³-hybridized carbons (Fsp3) is 0.611. The number of nitrogens with one attached hydrogen (secondary N) is 1. The van der Waals surface area contributed by atoms with Crippen LogP contribution in [-0.2, 0) is 6.18 Å². The van der Waals surface area contributed by atoms with E-state index in [9.17, 15) is 23.1 Å². The Morgan fingerprint density at radius 1 is 1.20 bits per heavy atom. The highest BCUT2D eigenvalue weighted by molar-refractivity contribution is 9.10. The molecular weight excluding hydrogens is 399 g/mol. The molecule has 0 aliphatic heterocycles. The van der Waals surface area contributed by atoms with Crippen molar-refractivity contribution in [2.24, 2.45) is 17.8 Å². The number of aliphatic hydroxyl groups is 1. The molecule has 2 N–H and O–H groups in total. The summed E-state index contributed by atoms with van der Waals surface area (Å²) >= 11 is 3.03. The van der Waals surface area contributed by atoms with Crippen LogP contribution in [0.4, 0.5) is 13.2 Å². The van der Waals surface area contributed by atoms with E-state index in [-0.39, 0.29) is 27.9 Å². The smallest absolute Gasteiger partial charge is 0.390 e. The van der Waals surface area contributed by atoms with Crippen LogP contribution in [0.15, 0.2) is 22.7 Å². The van der Waals surface area contributed by atoms with Crippen LogP contribution >= 0.6 is 15.9 Å². The molecule has 0 aromatic heterocycles. The number of benzene rings is 1. The normalized spacial score (nSPS) is 36.5. The lowest BCUT2D eigenvalue weighted by Crippen LogP contribution is -2.61. The zero-order chi connectivity index (χ0) is 18.0. The van der Waals surface area contributed by atoms with E-state index in [0.717, 1.165) is 25.3 Å². The van der Waals surface area contributed by atoms with Crippen LogP contribution in [0, 0.1) is 17.8 Å². The van der Waals surface area contributed by atoms with E-state index < -0.39 is 23.2 Å². The van der Waals surface area contributed by atoms with Gasteiger partial charge < -0.3 is 10.4 Å². The van der Waals surface area contributed by atoms with Crippen molar-refractivity contribution < 1.29 is 23.1 Å². The quantitative estimate of drug-likeness (QED) is 0.759. The number of hydrogen-bond donors (Lipinski definition) is 2. The number of amides is 1.